The van der Waals surface area contributed by atoms with Crippen LogP contribution in [-0.4, -0.2) is 0 Å². The summed E-state index contributed by atoms with van der Waals surface area (Å²) >= 11 is 0. The van der Waals surface area contributed by atoms with Crippen LogP contribution >= 0.6 is 0 Å². The molecule has 0 atom stereocenters. The Hall–Kier alpha value is -3.08. The second-order valence-electron chi connectivity index (χ2n) is 2.67. The van der Waals surface area contributed by atoms with Crippen molar-refractivity contribution in [2.75, 3.05) is 0 Å². The Bertz CT molecular complexity index is 581. The van der Waals surface area contributed by atoms with Crippen LogP contribution < -0.4 is 10.4 Å². The van der Waals surface area contributed by atoms with Crippen molar-refractivity contribution in [1.82, 2.24) is 0 Å². The first-order valence-electron chi connectivity index (χ1n) is 4.11. The summed E-state index contributed by atoms with van der Waals surface area (Å²) in [7, 11) is 0. The van der Waals surface area contributed by atoms with E-state index >= 15 is 0 Å². The fraction of sp³-hybridized carbons (Fsp3) is 0. The smallest absolute Gasteiger partial charge is 0.153 e. The lowest BCUT2D eigenvalue weighted by Gasteiger charge is -1.82. The van der Waals surface area contributed by atoms with Crippen molar-refractivity contribution < 1.29 is 0 Å². The molecule has 0 aliphatic rings. The van der Waals surface area contributed by atoms with Crippen LogP contribution in [0.15, 0.2) is 24.3 Å². The summed E-state index contributed by atoms with van der Waals surface area (Å²) in [4.78, 5) is 12.3. The van der Waals surface area contributed by atoms with Crippen LogP contribution in [-0.2, 0) is 0 Å². The Labute approximate surface area is 92.7 Å². The molecule has 0 aliphatic heterocycles. The first kappa shape index (κ1) is 11.0. The van der Waals surface area contributed by atoms with Gasteiger partial charge in [0.1, 0.15) is 26.3 Å². The van der Waals surface area contributed by atoms with Crippen molar-refractivity contribution in [3.63, 3.8) is 0 Å². The Morgan fingerprint density at radius 3 is 1.06 bits per heavy atom. The monoisotopic (exact) mass is 204 g/mol. The van der Waals surface area contributed by atoms with Crippen molar-refractivity contribution in [3.05, 3.63) is 80.4 Å². The van der Waals surface area contributed by atoms with E-state index < -0.39 is 0 Å². The molecule has 1 rings (SSSR count). The molecule has 0 aromatic heterocycles. The van der Waals surface area contributed by atoms with Gasteiger partial charge in [0.05, 0.1) is 10.4 Å². The van der Waals surface area contributed by atoms with E-state index in [9.17, 15) is 0 Å². The summed E-state index contributed by atoms with van der Waals surface area (Å²) < 4.78 is 0. The van der Waals surface area contributed by atoms with Crippen LogP contribution in [0.4, 0.5) is 0 Å². The summed E-state index contributed by atoms with van der Waals surface area (Å²) in [5.74, 6) is -0.0301. The van der Waals surface area contributed by atoms with E-state index in [2.05, 4.69) is 19.4 Å². The van der Waals surface area contributed by atoms with Gasteiger partial charge in [-0.3, -0.25) is 0 Å². The molecule has 0 N–H and O–H groups in total. The Balaban J connectivity index is 3.58. The number of rotatable bonds is 0. The first-order chi connectivity index (χ1) is 7.76. The van der Waals surface area contributed by atoms with E-state index in [1.165, 1.54) is 0 Å². The third kappa shape index (κ3) is 2.05. The molecule has 0 aliphatic carbocycles. The molecule has 16 heavy (non-hydrogen) atoms. The molecule has 1 aromatic carbocycles. The van der Waals surface area contributed by atoms with Gasteiger partial charge in [-0.1, -0.05) is 24.3 Å². The van der Waals surface area contributed by atoms with Crippen LogP contribution in [0, 0.1) is 26.3 Å². The van der Waals surface area contributed by atoms with Gasteiger partial charge in [0.15, 0.2) is 0 Å². The SMILES string of the molecule is [C-]#[N+]C([N+]#[C-])=c1ccc(=C([N+]#[C-])[N+]#[C-])cc1. The van der Waals surface area contributed by atoms with Gasteiger partial charge in [-0.2, -0.15) is 19.4 Å². The molecule has 0 amide bonds. The number of hydrogen-bond donors (Lipinski definition) is 0. The van der Waals surface area contributed by atoms with Crippen molar-refractivity contribution >= 4 is 11.6 Å². The zero-order valence-corrected chi connectivity index (χ0v) is 8.10. The van der Waals surface area contributed by atoms with Crippen molar-refractivity contribution in [2.24, 2.45) is 0 Å². The normalized spacial score (nSPS) is 7.75. The third-order valence-electron chi connectivity index (χ3n) is 1.82. The Morgan fingerprint density at radius 1 is 0.625 bits per heavy atom. The summed E-state index contributed by atoms with van der Waals surface area (Å²) in [6.45, 7) is 27.1. The van der Waals surface area contributed by atoms with E-state index in [0.717, 1.165) is 0 Å². The van der Waals surface area contributed by atoms with Gasteiger partial charge in [-0.25, -0.2) is 0 Å². The summed E-state index contributed by atoms with van der Waals surface area (Å²) in [6.07, 6.45) is 0. The topological polar surface area (TPSA) is 17.4 Å². The average Bonchev–Trinajstić information content (AvgIpc) is 2.34. The molecule has 0 saturated carbocycles. The molecule has 0 radical (unpaired) electrons. The van der Waals surface area contributed by atoms with Gasteiger partial charge in [-0.05, 0) is 0 Å². The summed E-state index contributed by atoms with van der Waals surface area (Å²) in [6, 6.07) is 6.27. The van der Waals surface area contributed by atoms with Gasteiger partial charge in [0.25, 0.3) is 0 Å². The fourth-order valence-corrected chi connectivity index (χ4v) is 1.08. The maximum absolute atomic E-state index is 6.78. The van der Waals surface area contributed by atoms with Crippen molar-refractivity contribution in [2.45, 2.75) is 0 Å². The van der Waals surface area contributed by atoms with Crippen molar-refractivity contribution in [1.29, 1.82) is 0 Å². The van der Waals surface area contributed by atoms with Crippen LogP contribution in [0.25, 0.3) is 31.0 Å². The quantitative estimate of drug-likeness (QED) is 0.570. The molecule has 0 saturated heterocycles. The maximum atomic E-state index is 6.78. The van der Waals surface area contributed by atoms with Gasteiger partial charge >= 0.3 is 11.6 Å². The zero-order chi connectivity index (χ0) is 12.0. The molecule has 72 valence electrons. The molecule has 4 nitrogen and oxygen atoms in total. The van der Waals surface area contributed by atoms with Gasteiger partial charge in [0.2, 0.25) is 0 Å². The van der Waals surface area contributed by atoms with E-state index in [1.807, 2.05) is 0 Å². The van der Waals surface area contributed by atoms with Gasteiger partial charge in [0, 0.05) is 0 Å². The molecular weight excluding hydrogens is 200 g/mol. The molecule has 0 heterocycles. The van der Waals surface area contributed by atoms with Gasteiger partial charge in [-0.15, -0.1) is 0 Å². The Kier molecular flexibility index (Phi) is 3.41. The lowest BCUT2D eigenvalue weighted by atomic mass is 10.2. The van der Waals surface area contributed by atoms with Crippen LogP contribution in [0.5, 0.6) is 0 Å². The molecule has 4 heteroatoms. The predicted octanol–water partition coefficient (Wildman–Crippen LogP) is 1.50. The fourth-order valence-electron chi connectivity index (χ4n) is 1.08. The highest BCUT2D eigenvalue weighted by atomic mass is 14.9. The minimum Gasteiger partial charge on any atom is -0.153 e. The molecule has 0 fully saturated rings. The van der Waals surface area contributed by atoms with Crippen LogP contribution in [0.1, 0.15) is 0 Å². The molecule has 1 aromatic rings. The number of nitrogens with zero attached hydrogens (tertiary/aromatic N) is 4. The van der Waals surface area contributed by atoms with Crippen molar-refractivity contribution in [3.8, 4) is 0 Å². The number of benzene rings is 1. The minimum absolute atomic E-state index is 0.0151. The second kappa shape index (κ2) is 4.97. The summed E-state index contributed by atoms with van der Waals surface area (Å²) in [5.41, 5.74) is 0. The van der Waals surface area contributed by atoms with Crippen LogP contribution in [0.3, 0.4) is 0 Å². The van der Waals surface area contributed by atoms with E-state index in [4.69, 9.17) is 26.3 Å². The highest BCUT2D eigenvalue weighted by Gasteiger charge is 2.05. The van der Waals surface area contributed by atoms with Crippen LogP contribution in [0.2, 0.25) is 0 Å². The third-order valence-corrected chi connectivity index (χ3v) is 1.82. The molecule has 0 unspecified atom stereocenters. The Morgan fingerprint density at radius 2 is 0.875 bits per heavy atom. The maximum Gasteiger partial charge on any atom is 0.526 e. The average molecular weight is 204 g/mol. The minimum atomic E-state index is -0.0151. The lowest BCUT2D eigenvalue weighted by molar-refractivity contribution is 1.51. The first-order valence-corrected chi connectivity index (χ1v) is 4.11. The molecule has 0 spiro atoms. The standard InChI is InChI=1S/C12H4N4/c1-13-11(14-2)9-5-7-10(8-6-9)12(15-3)16-4/h5-8H. The van der Waals surface area contributed by atoms with E-state index in [1.54, 1.807) is 24.3 Å². The summed E-state index contributed by atoms with van der Waals surface area (Å²) in [5, 5.41) is 1.01. The van der Waals surface area contributed by atoms with E-state index in [0.29, 0.717) is 10.4 Å². The zero-order valence-electron chi connectivity index (χ0n) is 8.10. The van der Waals surface area contributed by atoms with E-state index in [-0.39, 0.29) is 11.6 Å². The highest BCUT2D eigenvalue weighted by Crippen LogP contribution is 1.97. The highest BCUT2D eigenvalue weighted by molar-refractivity contribution is 5.60. The predicted molar refractivity (Wildman–Crippen MR) is 58.9 cm³/mol. The lowest BCUT2D eigenvalue weighted by Crippen LogP contribution is -2.09. The largest absolute Gasteiger partial charge is 0.526 e. The number of hydrogen-bond acceptors (Lipinski definition) is 0. The van der Waals surface area contributed by atoms with Gasteiger partial charge < -0.3 is 0 Å². The molecule has 0 bridgehead atoms. The molecular formula is C12H4N4. The second-order valence-corrected chi connectivity index (χ2v) is 2.67.